The number of anilines is 2. The number of aromatic nitrogens is 1. The van der Waals surface area contributed by atoms with Crippen LogP contribution < -0.4 is 16.4 Å². The van der Waals surface area contributed by atoms with Gasteiger partial charge in [-0.1, -0.05) is 6.07 Å². The maximum Gasteiger partial charge on any atom is 0.258 e. The molecule has 0 aliphatic rings. The molecule has 1 heterocycles. The molecule has 0 saturated heterocycles. The number of pyridine rings is 1. The summed E-state index contributed by atoms with van der Waals surface area (Å²) in [5.74, 6) is -6.53. The van der Waals surface area contributed by atoms with Gasteiger partial charge in [0.15, 0.2) is 0 Å². The smallest absolute Gasteiger partial charge is 0.258 e. The van der Waals surface area contributed by atoms with Gasteiger partial charge in [0, 0.05) is 19.2 Å². The predicted octanol–water partition coefficient (Wildman–Crippen LogP) is 3.84. The number of rotatable bonds is 6. The highest BCUT2D eigenvalue weighted by Gasteiger charge is 2.25. The maximum absolute atomic E-state index is 15.0. The minimum atomic E-state index is -1.45. The molecule has 3 rings (SSSR count). The first-order valence-electron chi connectivity index (χ1n) is 9.01. The van der Waals surface area contributed by atoms with Crippen molar-refractivity contribution < 1.29 is 27.2 Å². The van der Waals surface area contributed by atoms with Gasteiger partial charge in [-0.3, -0.25) is 14.6 Å². The Balaban J connectivity index is 1.97. The first-order chi connectivity index (χ1) is 14.8. The van der Waals surface area contributed by atoms with Gasteiger partial charge in [0.25, 0.3) is 5.91 Å². The van der Waals surface area contributed by atoms with Crippen LogP contribution in [0.15, 0.2) is 48.8 Å². The van der Waals surface area contributed by atoms with E-state index in [1.54, 1.807) is 0 Å². The lowest BCUT2D eigenvalue weighted by atomic mass is 9.99. The van der Waals surface area contributed by atoms with E-state index in [0.717, 1.165) is 30.3 Å². The van der Waals surface area contributed by atoms with Crippen molar-refractivity contribution in [3.05, 3.63) is 77.6 Å². The van der Waals surface area contributed by atoms with E-state index < -0.39 is 51.8 Å². The van der Waals surface area contributed by atoms with Gasteiger partial charge in [0.1, 0.15) is 23.3 Å². The number of carbonyl (C=O) groups is 2. The number of nitrogens with one attached hydrogen (secondary N) is 2. The molecule has 10 heteroatoms. The van der Waals surface area contributed by atoms with Crippen LogP contribution in [0.3, 0.4) is 0 Å². The fourth-order valence-electron chi connectivity index (χ4n) is 2.83. The SMILES string of the molecule is NCCC(=O)Nc1ccncc1NC(=O)c1ccc(F)c(-c2c(F)cccc2F)c1F. The van der Waals surface area contributed by atoms with Crippen molar-refractivity contribution >= 4 is 23.2 Å². The third kappa shape index (κ3) is 4.69. The second kappa shape index (κ2) is 9.35. The fourth-order valence-corrected chi connectivity index (χ4v) is 2.83. The van der Waals surface area contributed by atoms with Crippen LogP contribution in [0, 0.1) is 23.3 Å². The molecular weight excluding hydrogens is 416 g/mol. The normalized spacial score (nSPS) is 10.6. The Labute approximate surface area is 174 Å². The molecule has 31 heavy (non-hydrogen) atoms. The standard InChI is InChI=1S/C21H16F4N4O2/c22-12-2-1-3-13(23)18(12)19-14(24)5-4-11(20(19)25)21(31)29-16-10-27-9-7-15(16)28-17(30)6-8-26/h1-5,7,9-10H,6,8,26H2,(H,29,31)(H,27,28,30). The average Bonchev–Trinajstić information content (AvgIpc) is 2.71. The van der Waals surface area contributed by atoms with Crippen molar-refractivity contribution in [2.75, 3.05) is 17.2 Å². The summed E-state index contributed by atoms with van der Waals surface area (Å²) < 4.78 is 57.4. The number of benzene rings is 2. The van der Waals surface area contributed by atoms with Crippen molar-refractivity contribution in [1.82, 2.24) is 4.98 Å². The minimum Gasteiger partial charge on any atom is -0.330 e. The number of halogens is 4. The molecule has 0 aliphatic carbocycles. The van der Waals surface area contributed by atoms with Gasteiger partial charge in [-0.25, -0.2) is 17.6 Å². The molecule has 0 spiro atoms. The number of hydrogen-bond donors (Lipinski definition) is 3. The Morgan fingerprint density at radius 2 is 1.55 bits per heavy atom. The third-order valence-electron chi connectivity index (χ3n) is 4.26. The van der Waals surface area contributed by atoms with E-state index >= 15 is 4.39 Å². The molecular formula is C21H16F4N4O2. The minimum absolute atomic E-state index is 0.0276. The van der Waals surface area contributed by atoms with Crippen LogP contribution in [0.4, 0.5) is 28.9 Å². The molecule has 6 nitrogen and oxygen atoms in total. The molecule has 0 atom stereocenters. The quantitative estimate of drug-likeness (QED) is 0.516. The van der Waals surface area contributed by atoms with E-state index in [1.165, 1.54) is 18.5 Å². The van der Waals surface area contributed by atoms with Crippen LogP contribution in [-0.4, -0.2) is 23.3 Å². The summed E-state index contributed by atoms with van der Waals surface area (Å²) in [6.45, 7) is 0.106. The lowest BCUT2D eigenvalue weighted by molar-refractivity contribution is -0.116. The Kier molecular flexibility index (Phi) is 6.61. The summed E-state index contributed by atoms with van der Waals surface area (Å²) in [4.78, 5) is 28.2. The molecule has 0 saturated carbocycles. The van der Waals surface area contributed by atoms with Gasteiger partial charge < -0.3 is 16.4 Å². The summed E-state index contributed by atoms with van der Waals surface area (Å²) in [6.07, 6.45) is 2.58. The van der Waals surface area contributed by atoms with Crippen LogP contribution in [0.25, 0.3) is 11.1 Å². The molecule has 4 N–H and O–H groups in total. The number of nitrogens with two attached hydrogens (primary N) is 1. The first-order valence-corrected chi connectivity index (χ1v) is 9.01. The Morgan fingerprint density at radius 3 is 2.23 bits per heavy atom. The van der Waals surface area contributed by atoms with E-state index in [-0.39, 0.29) is 24.3 Å². The van der Waals surface area contributed by atoms with Gasteiger partial charge in [-0.05, 0) is 30.3 Å². The molecule has 0 fully saturated rings. The summed E-state index contributed by atoms with van der Waals surface area (Å²) in [5.41, 5.74) is 2.92. The van der Waals surface area contributed by atoms with Crippen LogP contribution in [0.1, 0.15) is 16.8 Å². The Hall–Kier alpha value is -3.79. The van der Waals surface area contributed by atoms with Gasteiger partial charge in [-0.15, -0.1) is 0 Å². The highest BCUT2D eigenvalue weighted by atomic mass is 19.1. The third-order valence-corrected chi connectivity index (χ3v) is 4.26. The maximum atomic E-state index is 15.0. The van der Waals surface area contributed by atoms with Crippen LogP contribution >= 0.6 is 0 Å². The van der Waals surface area contributed by atoms with E-state index in [1.807, 2.05) is 0 Å². The van der Waals surface area contributed by atoms with Gasteiger partial charge in [0.2, 0.25) is 5.91 Å². The predicted molar refractivity (Wildman–Crippen MR) is 106 cm³/mol. The number of hydrogen-bond acceptors (Lipinski definition) is 4. The lowest BCUT2D eigenvalue weighted by Gasteiger charge is -2.14. The molecule has 1 aromatic heterocycles. The van der Waals surface area contributed by atoms with E-state index in [0.29, 0.717) is 0 Å². The molecule has 0 aliphatic heterocycles. The lowest BCUT2D eigenvalue weighted by Crippen LogP contribution is -2.19. The molecule has 0 radical (unpaired) electrons. The van der Waals surface area contributed by atoms with Gasteiger partial charge in [0.05, 0.1) is 34.3 Å². The average molecular weight is 432 g/mol. The summed E-state index contributed by atoms with van der Waals surface area (Å²) in [5, 5.41) is 4.86. The number of carbonyl (C=O) groups excluding carboxylic acids is 2. The summed E-state index contributed by atoms with van der Waals surface area (Å²) in [7, 11) is 0. The second-order valence-electron chi connectivity index (χ2n) is 6.34. The van der Waals surface area contributed by atoms with E-state index in [9.17, 15) is 22.8 Å². The van der Waals surface area contributed by atoms with Crippen LogP contribution in [0.5, 0.6) is 0 Å². The van der Waals surface area contributed by atoms with Crippen LogP contribution in [0.2, 0.25) is 0 Å². The largest absolute Gasteiger partial charge is 0.330 e. The topological polar surface area (TPSA) is 97.1 Å². The monoisotopic (exact) mass is 432 g/mol. The number of nitrogens with zero attached hydrogens (tertiary/aromatic N) is 1. The molecule has 160 valence electrons. The fraction of sp³-hybridized carbons (Fsp3) is 0.0952. The van der Waals surface area contributed by atoms with Crippen molar-refractivity contribution in [1.29, 1.82) is 0 Å². The first kappa shape index (κ1) is 21.9. The van der Waals surface area contributed by atoms with Crippen molar-refractivity contribution in [2.24, 2.45) is 5.73 Å². The van der Waals surface area contributed by atoms with Crippen molar-refractivity contribution in [2.45, 2.75) is 6.42 Å². The zero-order chi connectivity index (χ0) is 22.5. The van der Waals surface area contributed by atoms with Gasteiger partial charge >= 0.3 is 0 Å². The van der Waals surface area contributed by atoms with Crippen LogP contribution in [-0.2, 0) is 4.79 Å². The highest BCUT2D eigenvalue weighted by Crippen LogP contribution is 2.33. The molecule has 0 bridgehead atoms. The summed E-state index contributed by atoms with van der Waals surface area (Å²) >= 11 is 0. The Bertz CT molecular complexity index is 1130. The van der Waals surface area contributed by atoms with Crippen molar-refractivity contribution in [3.63, 3.8) is 0 Å². The molecule has 2 amide bonds. The summed E-state index contributed by atoms with van der Waals surface area (Å²) in [6, 6.07) is 5.69. The second-order valence-corrected chi connectivity index (χ2v) is 6.34. The zero-order valence-electron chi connectivity index (χ0n) is 15.9. The zero-order valence-corrected chi connectivity index (χ0v) is 15.9. The highest BCUT2D eigenvalue weighted by molar-refractivity contribution is 6.07. The number of amides is 2. The molecule has 2 aromatic carbocycles. The Morgan fingerprint density at radius 1 is 0.871 bits per heavy atom. The van der Waals surface area contributed by atoms with E-state index in [2.05, 4.69) is 15.6 Å². The van der Waals surface area contributed by atoms with Crippen molar-refractivity contribution in [3.8, 4) is 11.1 Å². The van der Waals surface area contributed by atoms with Gasteiger partial charge in [-0.2, -0.15) is 0 Å². The molecule has 3 aromatic rings. The van der Waals surface area contributed by atoms with E-state index in [4.69, 9.17) is 5.73 Å². The molecule has 0 unspecified atom stereocenters.